The molecule has 0 spiro atoms. The molecule has 0 heterocycles. The maximum absolute atomic E-state index is 9.61. The standard InChI is InChI=1S/C11H23NO/c1-8(2)7-9(3)12-10-5-4-6-11(10)13/h8-13H,4-7H2,1-3H3. The fourth-order valence-corrected chi connectivity index (χ4v) is 2.28. The van der Waals surface area contributed by atoms with Crippen LogP contribution < -0.4 is 5.32 Å². The first-order valence-corrected chi connectivity index (χ1v) is 5.53. The summed E-state index contributed by atoms with van der Waals surface area (Å²) in [6.07, 6.45) is 4.39. The summed E-state index contributed by atoms with van der Waals surface area (Å²) in [5.74, 6) is 0.737. The van der Waals surface area contributed by atoms with Crippen LogP contribution in [0.3, 0.4) is 0 Å². The lowest BCUT2D eigenvalue weighted by Gasteiger charge is -2.23. The van der Waals surface area contributed by atoms with Gasteiger partial charge in [0.25, 0.3) is 0 Å². The van der Waals surface area contributed by atoms with Gasteiger partial charge in [-0.25, -0.2) is 0 Å². The predicted octanol–water partition coefficient (Wildman–Crippen LogP) is 1.92. The zero-order chi connectivity index (χ0) is 9.84. The molecule has 13 heavy (non-hydrogen) atoms. The third-order valence-electron chi connectivity index (χ3n) is 2.80. The van der Waals surface area contributed by atoms with Gasteiger partial charge >= 0.3 is 0 Å². The van der Waals surface area contributed by atoms with Gasteiger partial charge in [-0.2, -0.15) is 0 Å². The second-order valence-electron chi connectivity index (χ2n) is 4.80. The molecular weight excluding hydrogens is 162 g/mol. The molecule has 78 valence electrons. The molecule has 3 atom stereocenters. The summed E-state index contributed by atoms with van der Waals surface area (Å²) < 4.78 is 0. The maximum Gasteiger partial charge on any atom is 0.0693 e. The molecule has 3 unspecified atom stereocenters. The average Bonchev–Trinajstić information content (AvgIpc) is 2.34. The fraction of sp³-hybridized carbons (Fsp3) is 1.00. The Hall–Kier alpha value is -0.0800. The number of nitrogens with one attached hydrogen (secondary N) is 1. The normalized spacial score (nSPS) is 31.2. The van der Waals surface area contributed by atoms with Gasteiger partial charge in [0.1, 0.15) is 0 Å². The van der Waals surface area contributed by atoms with E-state index < -0.39 is 0 Å². The SMILES string of the molecule is CC(C)CC(C)NC1CCCC1O. The van der Waals surface area contributed by atoms with Crippen molar-refractivity contribution in [2.24, 2.45) is 5.92 Å². The summed E-state index contributed by atoms with van der Waals surface area (Å²) >= 11 is 0. The molecule has 0 radical (unpaired) electrons. The van der Waals surface area contributed by atoms with Crippen LogP contribution in [0.5, 0.6) is 0 Å². The molecule has 0 amide bonds. The lowest BCUT2D eigenvalue weighted by molar-refractivity contribution is 0.142. The van der Waals surface area contributed by atoms with E-state index in [1.165, 1.54) is 12.8 Å². The van der Waals surface area contributed by atoms with Crippen LogP contribution in [0.25, 0.3) is 0 Å². The van der Waals surface area contributed by atoms with Crippen molar-refractivity contribution in [2.75, 3.05) is 0 Å². The molecule has 0 aliphatic heterocycles. The number of hydrogen-bond donors (Lipinski definition) is 2. The second kappa shape index (κ2) is 4.97. The number of hydrogen-bond acceptors (Lipinski definition) is 2. The van der Waals surface area contributed by atoms with Gasteiger partial charge in [-0.05, 0) is 38.5 Å². The molecule has 2 nitrogen and oxygen atoms in total. The predicted molar refractivity (Wildman–Crippen MR) is 55.7 cm³/mol. The summed E-state index contributed by atoms with van der Waals surface area (Å²) in [5, 5.41) is 13.1. The maximum atomic E-state index is 9.61. The van der Waals surface area contributed by atoms with Crippen LogP contribution in [-0.2, 0) is 0 Å². The minimum atomic E-state index is -0.102. The third kappa shape index (κ3) is 3.65. The van der Waals surface area contributed by atoms with Gasteiger partial charge in [-0.15, -0.1) is 0 Å². The van der Waals surface area contributed by atoms with E-state index in [1.54, 1.807) is 0 Å². The molecule has 2 N–H and O–H groups in total. The van der Waals surface area contributed by atoms with Crippen LogP contribution >= 0.6 is 0 Å². The summed E-state index contributed by atoms with van der Waals surface area (Å²) in [6, 6.07) is 0.895. The molecule has 0 aromatic rings. The van der Waals surface area contributed by atoms with Crippen molar-refractivity contribution >= 4 is 0 Å². The highest BCUT2D eigenvalue weighted by molar-refractivity contribution is 4.84. The number of aliphatic hydroxyl groups excluding tert-OH is 1. The van der Waals surface area contributed by atoms with Gasteiger partial charge in [0.2, 0.25) is 0 Å². The Kier molecular flexibility index (Phi) is 4.20. The first kappa shape index (κ1) is 11.0. The lowest BCUT2D eigenvalue weighted by Crippen LogP contribution is -2.41. The number of aliphatic hydroxyl groups is 1. The van der Waals surface area contributed by atoms with Gasteiger partial charge < -0.3 is 10.4 Å². The van der Waals surface area contributed by atoms with Gasteiger partial charge in [0.05, 0.1) is 6.10 Å². The third-order valence-corrected chi connectivity index (χ3v) is 2.80. The minimum Gasteiger partial charge on any atom is -0.392 e. The highest BCUT2D eigenvalue weighted by atomic mass is 16.3. The van der Waals surface area contributed by atoms with E-state index in [4.69, 9.17) is 0 Å². The molecule has 1 saturated carbocycles. The highest BCUT2D eigenvalue weighted by Crippen LogP contribution is 2.20. The van der Waals surface area contributed by atoms with Crippen molar-refractivity contribution in [1.29, 1.82) is 0 Å². The molecular formula is C11H23NO. The summed E-state index contributed by atoms with van der Waals surface area (Å²) in [5.41, 5.74) is 0. The van der Waals surface area contributed by atoms with Gasteiger partial charge in [-0.3, -0.25) is 0 Å². The molecule has 1 rings (SSSR count). The van der Waals surface area contributed by atoms with Crippen LogP contribution in [0.4, 0.5) is 0 Å². The number of rotatable bonds is 4. The van der Waals surface area contributed by atoms with Gasteiger partial charge in [0, 0.05) is 12.1 Å². The van der Waals surface area contributed by atoms with E-state index in [2.05, 4.69) is 26.1 Å². The molecule has 1 aliphatic carbocycles. The lowest BCUT2D eigenvalue weighted by atomic mass is 10.0. The van der Waals surface area contributed by atoms with Crippen LogP contribution in [0.15, 0.2) is 0 Å². The van der Waals surface area contributed by atoms with Crippen LogP contribution in [0.2, 0.25) is 0 Å². The van der Waals surface area contributed by atoms with E-state index in [0.717, 1.165) is 18.8 Å². The minimum absolute atomic E-state index is 0.102. The molecule has 1 fully saturated rings. The van der Waals surface area contributed by atoms with E-state index in [-0.39, 0.29) is 6.10 Å². The van der Waals surface area contributed by atoms with Gasteiger partial charge in [0.15, 0.2) is 0 Å². The van der Waals surface area contributed by atoms with Gasteiger partial charge in [-0.1, -0.05) is 13.8 Å². The van der Waals surface area contributed by atoms with Crippen molar-refractivity contribution in [3.8, 4) is 0 Å². The Bertz CT molecular complexity index is 147. The Labute approximate surface area is 81.7 Å². The smallest absolute Gasteiger partial charge is 0.0693 e. The zero-order valence-electron chi connectivity index (χ0n) is 9.09. The van der Waals surface area contributed by atoms with Crippen molar-refractivity contribution in [3.63, 3.8) is 0 Å². The highest BCUT2D eigenvalue weighted by Gasteiger charge is 2.25. The topological polar surface area (TPSA) is 32.3 Å². The molecule has 0 bridgehead atoms. The van der Waals surface area contributed by atoms with Crippen molar-refractivity contribution < 1.29 is 5.11 Å². The van der Waals surface area contributed by atoms with Crippen molar-refractivity contribution in [1.82, 2.24) is 5.32 Å². The molecule has 1 aliphatic rings. The average molecular weight is 185 g/mol. The molecule has 0 aromatic carbocycles. The fourth-order valence-electron chi connectivity index (χ4n) is 2.28. The van der Waals surface area contributed by atoms with Crippen LogP contribution in [0.1, 0.15) is 46.5 Å². The quantitative estimate of drug-likeness (QED) is 0.701. The first-order chi connectivity index (χ1) is 6.09. The van der Waals surface area contributed by atoms with Crippen LogP contribution in [0, 0.1) is 5.92 Å². The summed E-state index contributed by atoms with van der Waals surface area (Å²) in [7, 11) is 0. The van der Waals surface area contributed by atoms with E-state index in [1.807, 2.05) is 0 Å². The zero-order valence-corrected chi connectivity index (χ0v) is 9.09. The summed E-state index contributed by atoms with van der Waals surface area (Å²) in [4.78, 5) is 0. The Morgan fingerprint density at radius 3 is 2.46 bits per heavy atom. The van der Waals surface area contributed by atoms with E-state index in [9.17, 15) is 5.11 Å². The second-order valence-corrected chi connectivity index (χ2v) is 4.80. The van der Waals surface area contributed by atoms with E-state index >= 15 is 0 Å². The molecule has 0 saturated heterocycles. The Morgan fingerprint density at radius 1 is 1.31 bits per heavy atom. The molecule has 0 aromatic heterocycles. The first-order valence-electron chi connectivity index (χ1n) is 5.53. The van der Waals surface area contributed by atoms with Crippen molar-refractivity contribution in [3.05, 3.63) is 0 Å². The summed E-state index contributed by atoms with van der Waals surface area (Å²) in [6.45, 7) is 6.69. The van der Waals surface area contributed by atoms with Crippen molar-refractivity contribution in [2.45, 2.75) is 64.6 Å². The Balaban J connectivity index is 2.22. The molecule has 2 heteroatoms. The Morgan fingerprint density at radius 2 is 2.00 bits per heavy atom. The van der Waals surface area contributed by atoms with Crippen LogP contribution in [-0.4, -0.2) is 23.3 Å². The monoisotopic (exact) mass is 185 g/mol. The van der Waals surface area contributed by atoms with E-state index in [0.29, 0.717) is 12.1 Å². The largest absolute Gasteiger partial charge is 0.392 e.